The van der Waals surface area contributed by atoms with Gasteiger partial charge in [0.1, 0.15) is 6.17 Å². The van der Waals surface area contributed by atoms with Crippen molar-refractivity contribution >= 4 is 6.21 Å². The Balaban J connectivity index is 1.79. The third-order valence-corrected chi connectivity index (χ3v) is 4.97. The van der Waals surface area contributed by atoms with Crippen LogP contribution in [0.15, 0.2) is 4.99 Å². The van der Waals surface area contributed by atoms with Crippen molar-refractivity contribution in [2.24, 2.45) is 4.99 Å². The quantitative estimate of drug-likeness (QED) is 0.397. The summed E-state index contributed by atoms with van der Waals surface area (Å²) in [5.41, 5.74) is 0. The van der Waals surface area contributed by atoms with E-state index in [-0.39, 0.29) is 6.61 Å². The molecule has 0 bridgehead atoms. The average molecular weight is 325 g/mol. The van der Waals surface area contributed by atoms with Crippen molar-refractivity contribution < 1.29 is 5.11 Å². The van der Waals surface area contributed by atoms with E-state index in [9.17, 15) is 0 Å². The Labute approximate surface area is 144 Å². The van der Waals surface area contributed by atoms with E-state index >= 15 is 0 Å². The fourth-order valence-corrected chi connectivity index (χ4v) is 3.46. The molecule has 1 rings (SSSR count). The zero-order chi connectivity index (χ0) is 16.6. The maximum atomic E-state index is 9.03. The first-order valence-corrected chi connectivity index (χ1v) is 10.2. The van der Waals surface area contributed by atoms with Gasteiger partial charge in [0, 0.05) is 19.3 Å². The summed E-state index contributed by atoms with van der Waals surface area (Å²) in [7, 11) is 0. The lowest BCUT2D eigenvalue weighted by Gasteiger charge is -2.21. The Kier molecular flexibility index (Phi) is 13.6. The number of aliphatic hydroxyl groups excluding tert-OH is 1. The van der Waals surface area contributed by atoms with Crippen molar-refractivity contribution in [1.82, 2.24) is 4.90 Å². The molecular formula is C20H40N2O. The molecule has 0 amide bonds. The molecule has 23 heavy (non-hydrogen) atoms. The van der Waals surface area contributed by atoms with E-state index in [1.165, 1.54) is 83.5 Å². The third kappa shape index (κ3) is 10.9. The van der Waals surface area contributed by atoms with Gasteiger partial charge in [0.15, 0.2) is 0 Å². The lowest BCUT2D eigenvalue weighted by molar-refractivity contribution is 0.176. The summed E-state index contributed by atoms with van der Waals surface area (Å²) in [6, 6.07) is 0. The molecular weight excluding hydrogens is 284 g/mol. The van der Waals surface area contributed by atoms with Crippen LogP contribution in [0.25, 0.3) is 0 Å². The number of rotatable bonds is 16. The molecule has 1 aliphatic rings. The Hall–Kier alpha value is -0.410. The minimum atomic E-state index is 0.248. The standard InChI is InChI=1S/C20H40N2O/c1-2-3-4-5-6-7-8-9-10-11-12-13-14-15-20-21-16-17-22(20)18-19-23/h16,20,23H,2-15,17-19H2,1H3. The van der Waals surface area contributed by atoms with Gasteiger partial charge in [0.25, 0.3) is 0 Å². The molecule has 3 heteroatoms. The fourth-order valence-electron chi connectivity index (χ4n) is 3.46. The van der Waals surface area contributed by atoms with Crippen LogP contribution < -0.4 is 0 Å². The number of hydrogen-bond donors (Lipinski definition) is 1. The molecule has 1 N–H and O–H groups in total. The van der Waals surface area contributed by atoms with Crippen molar-refractivity contribution in [3.05, 3.63) is 0 Å². The van der Waals surface area contributed by atoms with Crippen LogP contribution in [0.2, 0.25) is 0 Å². The van der Waals surface area contributed by atoms with E-state index < -0.39 is 0 Å². The van der Waals surface area contributed by atoms with Crippen LogP contribution in [-0.4, -0.2) is 42.1 Å². The number of hydrogen-bond acceptors (Lipinski definition) is 3. The van der Waals surface area contributed by atoms with Gasteiger partial charge in [-0.05, 0) is 12.8 Å². The van der Waals surface area contributed by atoms with Crippen molar-refractivity contribution in [1.29, 1.82) is 0 Å². The van der Waals surface area contributed by atoms with Crippen LogP contribution in [0, 0.1) is 0 Å². The summed E-state index contributed by atoms with van der Waals surface area (Å²) in [5, 5.41) is 9.03. The molecule has 0 aliphatic carbocycles. The fraction of sp³-hybridized carbons (Fsp3) is 0.950. The number of β-amino-alcohol motifs (C(OH)–C–C–N with tert-alkyl or cyclic N) is 1. The molecule has 0 saturated heterocycles. The van der Waals surface area contributed by atoms with E-state index in [0.29, 0.717) is 6.17 Å². The molecule has 0 aromatic heterocycles. The monoisotopic (exact) mass is 324 g/mol. The summed E-state index contributed by atoms with van der Waals surface area (Å²) in [4.78, 5) is 6.80. The Bertz CT molecular complexity index is 281. The first kappa shape index (κ1) is 20.6. The molecule has 0 saturated carbocycles. The van der Waals surface area contributed by atoms with Gasteiger partial charge in [-0.3, -0.25) is 9.89 Å². The summed E-state index contributed by atoms with van der Waals surface area (Å²) in [6.07, 6.45) is 21.8. The number of aliphatic imine (C=N–C) groups is 1. The number of nitrogens with zero attached hydrogens (tertiary/aromatic N) is 2. The minimum absolute atomic E-state index is 0.248. The van der Waals surface area contributed by atoms with Crippen molar-refractivity contribution in [2.45, 2.75) is 103 Å². The highest BCUT2D eigenvalue weighted by atomic mass is 16.3. The van der Waals surface area contributed by atoms with Gasteiger partial charge in [-0.2, -0.15) is 0 Å². The van der Waals surface area contributed by atoms with Crippen LogP contribution in [0.3, 0.4) is 0 Å². The predicted molar refractivity (Wildman–Crippen MR) is 101 cm³/mol. The average Bonchev–Trinajstić information content (AvgIpc) is 2.99. The largest absolute Gasteiger partial charge is 0.395 e. The maximum absolute atomic E-state index is 9.03. The van der Waals surface area contributed by atoms with Crippen LogP contribution in [0.5, 0.6) is 0 Å². The van der Waals surface area contributed by atoms with Crippen molar-refractivity contribution in [3.8, 4) is 0 Å². The van der Waals surface area contributed by atoms with E-state index in [1.54, 1.807) is 0 Å². The molecule has 3 nitrogen and oxygen atoms in total. The summed E-state index contributed by atoms with van der Waals surface area (Å²) < 4.78 is 0. The maximum Gasteiger partial charge on any atom is 0.102 e. The van der Waals surface area contributed by atoms with Gasteiger partial charge >= 0.3 is 0 Å². The molecule has 1 heterocycles. The molecule has 0 aromatic carbocycles. The highest BCUT2D eigenvalue weighted by Gasteiger charge is 2.19. The zero-order valence-corrected chi connectivity index (χ0v) is 15.5. The Morgan fingerprint density at radius 2 is 1.39 bits per heavy atom. The topological polar surface area (TPSA) is 35.8 Å². The van der Waals surface area contributed by atoms with Crippen molar-refractivity contribution in [2.75, 3.05) is 19.7 Å². The Morgan fingerprint density at radius 3 is 1.91 bits per heavy atom. The highest BCUT2D eigenvalue weighted by Crippen LogP contribution is 2.16. The van der Waals surface area contributed by atoms with Gasteiger partial charge in [0.2, 0.25) is 0 Å². The normalized spacial score (nSPS) is 18.1. The van der Waals surface area contributed by atoms with Crippen molar-refractivity contribution in [3.63, 3.8) is 0 Å². The zero-order valence-electron chi connectivity index (χ0n) is 15.5. The van der Waals surface area contributed by atoms with Crippen LogP contribution >= 0.6 is 0 Å². The van der Waals surface area contributed by atoms with Gasteiger partial charge in [0.05, 0.1) is 6.61 Å². The van der Waals surface area contributed by atoms with Crippen LogP contribution in [0.1, 0.15) is 96.8 Å². The molecule has 136 valence electrons. The first-order chi connectivity index (χ1) is 11.4. The predicted octanol–water partition coefficient (Wildman–Crippen LogP) is 5.17. The lowest BCUT2D eigenvalue weighted by Crippen LogP contribution is -2.32. The number of unbranched alkanes of at least 4 members (excludes halogenated alkanes) is 12. The second kappa shape index (κ2) is 15.1. The SMILES string of the molecule is CCCCCCCCCCCCCCCC1N=CCN1CCO. The number of aliphatic hydroxyl groups is 1. The minimum Gasteiger partial charge on any atom is -0.395 e. The van der Waals surface area contributed by atoms with E-state index in [0.717, 1.165) is 19.5 Å². The highest BCUT2D eigenvalue weighted by molar-refractivity contribution is 5.62. The summed E-state index contributed by atoms with van der Waals surface area (Å²) in [5.74, 6) is 0. The Morgan fingerprint density at radius 1 is 0.870 bits per heavy atom. The summed E-state index contributed by atoms with van der Waals surface area (Å²) >= 11 is 0. The molecule has 0 spiro atoms. The molecule has 0 aromatic rings. The van der Waals surface area contributed by atoms with E-state index in [1.807, 2.05) is 6.21 Å². The molecule has 0 fully saturated rings. The van der Waals surface area contributed by atoms with Gasteiger partial charge in [-0.25, -0.2) is 0 Å². The van der Waals surface area contributed by atoms with Crippen LogP contribution in [0.4, 0.5) is 0 Å². The molecule has 0 radical (unpaired) electrons. The van der Waals surface area contributed by atoms with Gasteiger partial charge in [-0.1, -0.05) is 84.0 Å². The molecule has 1 atom stereocenters. The molecule has 1 aliphatic heterocycles. The second-order valence-electron chi connectivity index (χ2n) is 7.06. The van der Waals surface area contributed by atoms with Crippen LogP contribution in [-0.2, 0) is 0 Å². The second-order valence-corrected chi connectivity index (χ2v) is 7.06. The first-order valence-electron chi connectivity index (χ1n) is 10.2. The smallest absolute Gasteiger partial charge is 0.102 e. The lowest BCUT2D eigenvalue weighted by atomic mass is 10.0. The summed E-state index contributed by atoms with van der Waals surface area (Å²) in [6.45, 7) is 4.22. The van der Waals surface area contributed by atoms with Gasteiger partial charge in [-0.15, -0.1) is 0 Å². The molecule has 1 unspecified atom stereocenters. The van der Waals surface area contributed by atoms with E-state index in [2.05, 4.69) is 16.8 Å². The third-order valence-electron chi connectivity index (χ3n) is 4.97. The van der Waals surface area contributed by atoms with E-state index in [4.69, 9.17) is 5.11 Å². The van der Waals surface area contributed by atoms with Gasteiger partial charge < -0.3 is 5.11 Å².